The van der Waals surface area contributed by atoms with E-state index in [4.69, 9.17) is 0 Å². The highest BCUT2D eigenvalue weighted by Crippen LogP contribution is 2.09. The van der Waals surface area contributed by atoms with Crippen LogP contribution in [0.5, 0.6) is 0 Å². The molecule has 0 aliphatic carbocycles. The number of likely N-dealkylation sites (tertiary alicyclic amines) is 2. The maximum Gasteiger partial charge on any atom is 0.0205 e. The topological polar surface area (TPSA) is 30.5 Å². The average Bonchev–Trinajstić information content (AvgIpc) is 2.78. The summed E-state index contributed by atoms with van der Waals surface area (Å²) in [5, 5.41) is 7.23. The average molecular weight is 401 g/mol. The van der Waals surface area contributed by atoms with Crippen LogP contribution in [0.1, 0.15) is 62.5 Å². The minimum Gasteiger partial charge on any atom is -0.316 e. The molecule has 4 heteroatoms. The van der Waals surface area contributed by atoms with E-state index in [0.29, 0.717) is 0 Å². The third-order valence-electron chi connectivity index (χ3n) is 6.50. The van der Waals surface area contributed by atoms with E-state index in [2.05, 4.69) is 44.7 Å². The molecule has 2 N–H and O–H groups in total. The molecule has 0 unspecified atom stereocenters. The Morgan fingerprint density at radius 3 is 1.69 bits per heavy atom. The van der Waals surface area contributed by atoms with E-state index in [-0.39, 0.29) is 0 Å². The Morgan fingerprint density at radius 1 is 0.586 bits per heavy atom. The van der Waals surface area contributed by atoms with Crippen LogP contribution < -0.4 is 10.6 Å². The van der Waals surface area contributed by atoms with Gasteiger partial charge in [0.2, 0.25) is 0 Å². The van der Waals surface area contributed by atoms with Crippen molar-refractivity contribution in [3.8, 4) is 0 Å². The van der Waals surface area contributed by atoms with E-state index >= 15 is 0 Å². The lowest BCUT2D eigenvalue weighted by Gasteiger charge is -2.26. The molecule has 3 rings (SSSR count). The molecule has 0 saturated carbocycles. The summed E-state index contributed by atoms with van der Waals surface area (Å²) in [5.41, 5.74) is 2.85. The Balaban J connectivity index is 1.17. The van der Waals surface area contributed by atoms with Crippen molar-refractivity contribution in [2.45, 2.75) is 64.3 Å². The van der Waals surface area contributed by atoms with Gasteiger partial charge in [0.15, 0.2) is 0 Å². The number of hydrogen-bond donors (Lipinski definition) is 2. The van der Waals surface area contributed by atoms with Gasteiger partial charge < -0.3 is 20.4 Å². The number of rotatable bonds is 13. The van der Waals surface area contributed by atoms with Gasteiger partial charge in [-0.3, -0.25) is 0 Å². The molecule has 1 aromatic rings. The number of nitrogens with zero attached hydrogens (tertiary/aromatic N) is 2. The molecule has 1 aromatic carbocycles. The van der Waals surface area contributed by atoms with E-state index in [1.54, 1.807) is 0 Å². The first kappa shape index (κ1) is 22.7. The summed E-state index contributed by atoms with van der Waals surface area (Å²) in [6.45, 7) is 12.2. The number of benzene rings is 1. The van der Waals surface area contributed by atoms with Gasteiger partial charge >= 0.3 is 0 Å². The second-order valence-electron chi connectivity index (χ2n) is 9.00. The molecule has 0 aromatic heterocycles. The molecule has 29 heavy (non-hydrogen) atoms. The smallest absolute Gasteiger partial charge is 0.0205 e. The van der Waals surface area contributed by atoms with Crippen molar-refractivity contribution in [3.63, 3.8) is 0 Å². The lowest BCUT2D eigenvalue weighted by atomic mass is 10.1. The summed E-state index contributed by atoms with van der Waals surface area (Å²) >= 11 is 0. The minimum atomic E-state index is 0.995. The Hall–Kier alpha value is -0.940. The summed E-state index contributed by atoms with van der Waals surface area (Å²) in [6.07, 6.45) is 12.1. The summed E-state index contributed by atoms with van der Waals surface area (Å²) in [6, 6.07) is 9.20. The molecule has 164 valence electrons. The fourth-order valence-corrected chi connectivity index (χ4v) is 4.64. The van der Waals surface area contributed by atoms with Crippen LogP contribution in [-0.4, -0.2) is 68.7 Å². The van der Waals surface area contributed by atoms with Crippen molar-refractivity contribution in [2.24, 2.45) is 0 Å². The molecular formula is C25H44N4. The molecule has 0 spiro atoms. The molecule has 0 atom stereocenters. The number of piperidine rings is 2. The highest BCUT2D eigenvalue weighted by molar-refractivity contribution is 5.22. The molecule has 0 radical (unpaired) electrons. The SMILES string of the molecule is c1cc(CNCCCN2CCCCC2)ccc1CCNCCCN1CCCCC1. The van der Waals surface area contributed by atoms with E-state index in [1.807, 2.05) is 0 Å². The van der Waals surface area contributed by atoms with E-state index in [1.165, 1.54) is 102 Å². The van der Waals surface area contributed by atoms with Gasteiger partial charge in [0.25, 0.3) is 0 Å². The molecule has 2 aliphatic heterocycles. The maximum atomic E-state index is 3.62. The van der Waals surface area contributed by atoms with Crippen LogP contribution in [0.3, 0.4) is 0 Å². The van der Waals surface area contributed by atoms with Gasteiger partial charge in [-0.1, -0.05) is 37.1 Å². The van der Waals surface area contributed by atoms with Crippen LogP contribution in [0.15, 0.2) is 24.3 Å². The van der Waals surface area contributed by atoms with E-state index in [0.717, 1.165) is 32.6 Å². The predicted octanol–water partition coefficient (Wildman–Crippen LogP) is 3.66. The number of hydrogen-bond acceptors (Lipinski definition) is 4. The Kier molecular flexibility index (Phi) is 11.1. The maximum absolute atomic E-state index is 3.62. The fraction of sp³-hybridized carbons (Fsp3) is 0.760. The second-order valence-corrected chi connectivity index (χ2v) is 9.00. The molecular weight excluding hydrogens is 356 g/mol. The van der Waals surface area contributed by atoms with Crippen LogP contribution in [0.2, 0.25) is 0 Å². The largest absolute Gasteiger partial charge is 0.316 e. The molecule has 2 fully saturated rings. The highest BCUT2D eigenvalue weighted by Gasteiger charge is 2.09. The molecule has 0 bridgehead atoms. The van der Waals surface area contributed by atoms with Gasteiger partial charge in [-0.15, -0.1) is 0 Å². The minimum absolute atomic E-state index is 0.995. The van der Waals surface area contributed by atoms with E-state index in [9.17, 15) is 0 Å². The molecule has 2 saturated heterocycles. The molecule has 2 heterocycles. The first-order valence-corrected chi connectivity index (χ1v) is 12.3. The molecule has 0 amide bonds. The fourth-order valence-electron chi connectivity index (χ4n) is 4.64. The molecule has 2 aliphatic rings. The predicted molar refractivity (Wildman–Crippen MR) is 125 cm³/mol. The van der Waals surface area contributed by atoms with Crippen molar-refractivity contribution < 1.29 is 0 Å². The third-order valence-corrected chi connectivity index (χ3v) is 6.50. The quantitative estimate of drug-likeness (QED) is 0.495. The van der Waals surface area contributed by atoms with Crippen molar-refractivity contribution >= 4 is 0 Å². The standard InChI is InChI=1S/C25H44N4/c1-3-17-28(18-4-1)21-7-14-26-16-13-24-9-11-25(12-10-24)23-27-15-8-22-29-19-5-2-6-20-29/h9-12,26-27H,1-8,13-23H2. The monoisotopic (exact) mass is 400 g/mol. The van der Waals surface area contributed by atoms with Crippen molar-refractivity contribution in [1.82, 2.24) is 20.4 Å². The Morgan fingerprint density at radius 2 is 1.10 bits per heavy atom. The first-order chi connectivity index (χ1) is 14.4. The summed E-state index contributed by atoms with van der Waals surface area (Å²) in [7, 11) is 0. The first-order valence-electron chi connectivity index (χ1n) is 12.3. The van der Waals surface area contributed by atoms with Crippen molar-refractivity contribution in [3.05, 3.63) is 35.4 Å². The normalized spacial score (nSPS) is 18.9. The third kappa shape index (κ3) is 9.61. The second kappa shape index (κ2) is 14.1. The van der Waals surface area contributed by atoms with Gasteiger partial charge in [0, 0.05) is 6.54 Å². The van der Waals surface area contributed by atoms with Crippen LogP contribution in [-0.2, 0) is 13.0 Å². The zero-order valence-electron chi connectivity index (χ0n) is 18.6. The Labute approximate surface area is 179 Å². The van der Waals surface area contributed by atoms with E-state index < -0.39 is 0 Å². The van der Waals surface area contributed by atoms with Crippen molar-refractivity contribution in [1.29, 1.82) is 0 Å². The lowest BCUT2D eigenvalue weighted by molar-refractivity contribution is 0.225. The molecule has 4 nitrogen and oxygen atoms in total. The summed E-state index contributed by atoms with van der Waals surface area (Å²) in [5.74, 6) is 0. The van der Waals surface area contributed by atoms with Crippen LogP contribution in [0.25, 0.3) is 0 Å². The van der Waals surface area contributed by atoms with Gasteiger partial charge in [0.05, 0.1) is 0 Å². The van der Waals surface area contributed by atoms with Gasteiger partial charge in [-0.2, -0.15) is 0 Å². The summed E-state index contributed by atoms with van der Waals surface area (Å²) < 4.78 is 0. The zero-order valence-corrected chi connectivity index (χ0v) is 18.6. The van der Waals surface area contributed by atoms with Gasteiger partial charge in [0.1, 0.15) is 0 Å². The number of nitrogens with one attached hydrogen (secondary N) is 2. The Bertz CT molecular complexity index is 518. The lowest BCUT2D eigenvalue weighted by Crippen LogP contribution is -2.32. The summed E-state index contributed by atoms with van der Waals surface area (Å²) in [4.78, 5) is 5.26. The van der Waals surface area contributed by atoms with Crippen LogP contribution >= 0.6 is 0 Å². The van der Waals surface area contributed by atoms with Crippen LogP contribution in [0.4, 0.5) is 0 Å². The van der Waals surface area contributed by atoms with Crippen molar-refractivity contribution in [2.75, 3.05) is 58.9 Å². The van der Waals surface area contributed by atoms with Crippen LogP contribution in [0, 0.1) is 0 Å². The highest BCUT2D eigenvalue weighted by atomic mass is 15.1. The van der Waals surface area contributed by atoms with Gasteiger partial charge in [-0.05, 0) is 115 Å². The zero-order chi connectivity index (χ0) is 20.0. The van der Waals surface area contributed by atoms with Gasteiger partial charge in [-0.25, -0.2) is 0 Å².